The van der Waals surface area contributed by atoms with E-state index >= 15 is 0 Å². The predicted molar refractivity (Wildman–Crippen MR) is 219 cm³/mol. The van der Waals surface area contributed by atoms with Crippen molar-refractivity contribution in [2.75, 3.05) is 6.61 Å². The largest absolute Gasteiger partial charge is 0.454 e. The summed E-state index contributed by atoms with van der Waals surface area (Å²) >= 11 is 0. The number of carbonyl (C=O) groups excluding carboxylic acids is 7. The first-order valence-corrected chi connectivity index (χ1v) is 20.0. The van der Waals surface area contributed by atoms with Crippen molar-refractivity contribution in [2.24, 2.45) is 17.6 Å². The molecule has 0 radical (unpaired) electrons. The number of ketones is 3. The molecular formula is C42H61BN4O11. The van der Waals surface area contributed by atoms with E-state index in [2.05, 4.69) is 47.1 Å². The average molecular weight is 809 g/mol. The van der Waals surface area contributed by atoms with Crippen LogP contribution in [0.25, 0.3) is 11.1 Å². The van der Waals surface area contributed by atoms with Gasteiger partial charge in [-0.05, 0) is 62.0 Å². The first kappa shape index (κ1) is 49.4. The van der Waals surface area contributed by atoms with E-state index in [1.165, 1.54) is 26.3 Å². The molecule has 0 aliphatic rings. The topological polar surface area (TPSA) is 263 Å². The van der Waals surface area contributed by atoms with Crippen LogP contribution in [0, 0.1) is 11.8 Å². The zero-order chi connectivity index (χ0) is 43.5. The summed E-state index contributed by atoms with van der Waals surface area (Å²) in [6, 6.07) is 12.3. The van der Waals surface area contributed by atoms with Gasteiger partial charge >= 0.3 is 7.12 Å². The normalized spacial score (nSPS) is 14.8. The van der Waals surface area contributed by atoms with Crippen LogP contribution in [0.3, 0.4) is 0 Å². The van der Waals surface area contributed by atoms with Gasteiger partial charge in [-0.1, -0.05) is 75.7 Å². The number of benzene rings is 2. The minimum atomic E-state index is -1.80. The van der Waals surface area contributed by atoms with E-state index in [-0.39, 0.29) is 31.5 Å². The smallest absolute Gasteiger partial charge is 0.427 e. The van der Waals surface area contributed by atoms with Crippen LogP contribution in [-0.2, 0) is 35.2 Å². The third kappa shape index (κ3) is 17.0. The highest BCUT2D eigenvalue weighted by Crippen LogP contribution is 2.22. The van der Waals surface area contributed by atoms with Gasteiger partial charge in [-0.2, -0.15) is 0 Å². The second kappa shape index (κ2) is 24.9. The molecule has 0 aliphatic heterocycles. The van der Waals surface area contributed by atoms with Crippen molar-refractivity contribution in [2.45, 2.75) is 129 Å². The molecule has 0 spiro atoms. The lowest BCUT2D eigenvalue weighted by molar-refractivity contribution is -0.135. The molecule has 7 atom stereocenters. The van der Waals surface area contributed by atoms with Crippen molar-refractivity contribution in [1.29, 1.82) is 0 Å². The van der Waals surface area contributed by atoms with E-state index in [0.29, 0.717) is 12.0 Å². The van der Waals surface area contributed by atoms with Crippen molar-refractivity contribution in [3.8, 4) is 11.1 Å². The number of unbranched alkanes of at least 4 members (excludes halogenated alkanes) is 1. The molecule has 0 fully saturated rings. The molecule has 0 heterocycles. The Morgan fingerprint density at radius 3 is 1.88 bits per heavy atom. The van der Waals surface area contributed by atoms with Gasteiger partial charge in [-0.3, -0.25) is 33.6 Å². The summed E-state index contributed by atoms with van der Waals surface area (Å²) in [6.45, 7) is 7.42. The molecule has 16 heteroatoms. The Kier molecular flexibility index (Phi) is 21.2. The maximum Gasteiger partial charge on any atom is 0.454 e. The van der Waals surface area contributed by atoms with Crippen molar-refractivity contribution in [1.82, 2.24) is 16.0 Å². The van der Waals surface area contributed by atoms with Gasteiger partial charge in [0, 0.05) is 43.2 Å². The fourth-order valence-corrected chi connectivity index (χ4v) is 6.24. The van der Waals surface area contributed by atoms with E-state index in [9.17, 15) is 53.8 Å². The van der Waals surface area contributed by atoms with Crippen molar-refractivity contribution in [3.63, 3.8) is 0 Å². The van der Waals surface area contributed by atoms with E-state index in [4.69, 9.17) is 5.73 Å². The minimum Gasteiger partial charge on any atom is -0.427 e. The molecule has 0 saturated heterocycles. The van der Waals surface area contributed by atoms with Gasteiger partial charge in [0.1, 0.15) is 6.04 Å². The molecule has 15 nitrogen and oxygen atoms in total. The molecule has 0 aromatic heterocycles. The average Bonchev–Trinajstić information content (AvgIpc) is 3.17. The second-order valence-electron chi connectivity index (χ2n) is 15.3. The number of aryl methyl sites for hydroxylation is 1. The monoisotopic (exact) mass is 808 g/mol. The summed E-state index contributed by atoms with van der Waals surface area (Å²) < 4.78 is 0. The molecule has 0 bridgehead atoms. The van der Waals surface area contributed by atoms with E-state index in [1.54, 1.807) is 19.1 Å². The summed E-state index contributed by atoms with van der Waals surface area (Å²) in [4.78, 5) is 88.9. The Hall–Kier alpha value is -4.77. The number of hydrogen-bond acceptors (Lipinski definition) is 11. The van der Waals surface area contributed by atoms with Crippen molar-refractivity contribution in [3.05, 3.63) is 59.7 Å². The number of carbonyl (C=O) groups is 7. The lowest BCUT2D eigenvalue weighted by Crippen LogP contribution is -2.50. The summed E-state index contributed by atoms with van der Waals surface area (Å²) in [7, 11) is -1.80. The van der Waals surface area contributed by atoms with Crippen molar-refractivity contribution < 1.29 is 53.8 Å². The third-order valence-corrected chi connectivity index (χ3v) is 10.0. The molecule has 1 unspecified atom stereocenters. The van der Waals surface area contributed by atoms with Crippen LogP contribution in [0.5, 0.6) is 0 Å². The van der Waals surface area contributed by atoms with Gasteiger partial charge in [0.15, 0.2) is 17.3 Å². The quantitative estimate of drug-likeness (QED) is 0.0479. The fraction of sp³-hybridized carbons (Fsp3) is 0.548. The number of Topliss-reactive ketones (excluding diaryl/α,β-unsaturated/α-hetero) is 3. The molecule has 9 N–H and O–H groups in total. The first-order chi connectivity index (χ1) is 27.4. The van der Waals surface area contributed by atoms with E-state index < -0.39 is 104 Å². The van der Waals surface area contributed by atoms with Gasteiger partial charge in [-0.25, -0.2) is 0 Å². The van der Waals surface area contributed by atoms with Crippen LogP contribution in [0.4, 0.5) is 0 Å². The first-order valence-electron chi connectivity index (χ1n) is 20.0. The van der Waals surface area contributed by atoms with Gasteiger partial charge in [-0.15, -0.1) is 0 Å². The van der Waals surface area contributed by atoms with Crippen LogP contribution in [0.15, 0.2) is 48.5 Å². The molecule has 2 aromatic carbocycles. The van der Waals surface area contributed by atoms with Gasteiger partial charge in [0.2, 0.25) is 23.6 Å². The molecular weight excluding hydrogens is 747 g/mol. The molecule has 0 aliphatic carbocycles. The molecule has 58 heavy (non-hydrogen) atoms. The highest BCUT2D eigenvalue weighted by molar-refractivity contribution is 6.43. The highest BCUT2D eigenvalue weighted by atomic mass is 16.4. The van der Waals surface area contributed by atoms with Crippen molar-refractivity contribution >= 4 is 48.1 Å². The Morgan fingerprint density at radius 1 is 0.741 bits per heavy atom. The SMILES string of the molecule is CCCCc1ccc(-c2ccc(C(=O)C[C@H](CO)C(=O)N[C@H](C)CCCC(=O)N[C@H](C(=O)C[C@@H](C)C(=O)N[C@@H](CC(N)=O)C(=O)C[C@@H](C)B(O)O)C(C)O)cc2)cc1. The summed E-state index contributed by atoms with van der Waals surface area (Å²) in [5.41, 5.74) is 8.91. The van der Waals surface area contributed by atoms with Gasteiger partial charge < -0.3 is 41.9 Å². The fourth-order valence-electron chi connectivity index (χ4n) is 6.24. The summed E-state index contributed by atoms with van der Waals surface area (Å²) in [6.07, 6.45) is 1.01. The van der Waals surface area contributed by atoms with Crippen LogP contribution >= 0.6 is 0 Å². The Morgan fingerprint density at radius 2 is 1.34 bits per heavy atom. The number of aliphatic hydroxyl groups is 2. The standard InChI is InChI=1S/C42H61BN4O11/c1-6-7-10-29-12-14-30(15-13-29)31-16-18-32(19-17-31)35(50)22-33(24-48)42(56)45-27(4)9-8-11-39(54)47-40(28(5)49)37(52)20-25(2)41(55)46-34(23-38(44)53)36(51)21-26(3)43(57)58/h12-19,25-28,33-34,40,48-49,57-58H,6-11,20-24H2,1-5H3,(H2,44,53)(H,45,56)(H,46,55)(H,47,54)/t25-,26-,27-,28?,33-,34+,40+/m1/s1. The van der Waals surface area contributed by atoms with Crippen LogP contribution in [-0.4, -0.2) is 99.2 Å². The number of nitrogens with two attached hydrogens (primary N) is 1. The lowest BCUT2D eigenvalue weighted by Gasteiger charge is -2.23. The van der Waals surface area contributed by atoms with Crippen LogP contribution in [0.1, 0.15) is 108 Å². The van der Waals surface area contributed by atoms with Gasteiger partial charge in [0.05, 0.1) is 31.1 Å². The summed E-state index contributed by atoms with van der Waals surface area (Å²) in [5, 5.41) is 46.5. The highest BCUT2D eigenvalue weighted by Gasteiger charge is 2.32. The van der Waals surface area contributed by atoms with Crippen LogP contribution < -0.4 is 21.7 Å². The maximum atomic E-state index is 13.1. The Bertz CT molecular complexity index is 1680. The lowest BCUT2D eigenvalue weighted by atomic mass is 9.71. The number of nitrogens with one attached hydrogen (secondary N) is 3. The molecule has 2 rings (SSSR count). The van der Waals surface area contributed by atoms with Gasteiger partial charge in [0.25, 0.3) is 0 Å². The molecule has 0 saturated carbocycles. The number of primary amides is 1. The van der Waals surface area contributed by atoms with E-state index in [0.717, 1.165) is 30.4 Å². The zero-order valence-corrected chi connectivity index (χ0v) is 34.2. The predicted octanol–water partition coefficient (Wildman–Crippen LogP) is 2.20. The third-order valence-electron chi connectivity index (χ3n) is 10.0. The molecule has 2 aromatic rings. The summed E-state index contributed by atoms with van der Waals surface area (Å²) in [5.74, 6) is -7.21. The van der Waals surface area contributed by atoms with Crippen LogP contribution in [0.2, 0.25) is 5.82 Å². The minimum absolute atomic E-state index is 0.0640. The number of amides is 4. The second-order valence-corrected chi connectivity index (χ2v) is 15.3. The maximum absolute atomic E-state index is 13.1. The Balaban J connectivity index is 1.85. The zero-order valence-electron chi connectivity index (χ0n) is 34.2. The number of hydrogen-bond donors (Lipinski definition) is 8. The number of rotatable bonds is 27. The Labute approximate surface area is 341 Å². The molecule has 4 amide bonds. The van der Waals surface area contributed by atoms with E-state index in [1.807, 2.05) is 12.1 Å². The molecule has 318 valence electrons. The number of aliphatic hydroxyl groups excluding tert-OH is 2.